The molecule has 0 saturated heterocycles. The minimum absolute atomic E-state index is 0.211. The predicted octanol–water partition coefficient (Wildman–Crippen LogP) is 4.74. The molecule has 0 fully saturated rings. The lowest BCUT2D eigenvalue weighted by atomic mass is 10.1. The Morgan fingerprint density at radius 3 is 2.69 bits per heavy atom. The fraction of sp³-hybridized carbons (Fsp3) is 0.100. The van der Waals surface area contributed by atoms with Gasteiger partial charge in [0.2, 0.25) is 0 Å². The van der Waals surface area contributed by atoms with Gasteiger partial charge in [-0.05, 0) is 47.3 Å². The first-order valence-corrected chi connectivity index (χ1v) is 12.4. The number of benzene rings is 1. The first-order valence-electron chi connectivity index (χ1n) is 8.15. The van der Waals surface area contributed by atoms with Crippen molar-refractivity contribution in [3.05, 3.63) is 58.8 Å². The van der Waals surface area contributed by atoms with Crippen LogP contribution in [-0.2, 0) is 0 Å². The number of pyridine rings is 1. The van der Waals surface area contributed by atoms with Crippen LogP contribution in [0.2, 0.25) is 5.02 Å². The number of allylic oxidation sites excluding steroid dienone is 2. The maximum atomic E-state index is 12.7. The van der Waals surface area contributed by atoms with E-state index in [4.69, 9.17) is 21.6 Å². The van der Waals surface area contributed by atoms with Crippen molar-refractivity contribution in [1.82, 2.24) is 4.98 Å². The molecule has 2 rings (SSSR count). The van der Waals surface area contributed by atoms with E-state index in [1.165, 1.54) is 19.4 Å². The molecule has 0 atom stereocenters. The van der Waals surface area contributed by atoms with E-state index in [1.54, 1.807) is 41.3 Å². The Bertz CT molecular complexity index is 1080. The molecule has 0 spiro atoms. The summed E-state index contributed by atoms with van der Waals surface area (Å²) >= 11 is 3.39. The first-order chi connectivity index (χ1) is 13.8. The van der Waals surface area contributed by atoms with Crippen LogP contribution >= 0.6 is 30.5 Å². The van der Waals surface area contributed by atoms with E-state index in [2.05, 4.69) is 20.1 Å². The van der Waals surface area contributed by atoms with E-state index in [9.17, 15) is 9.59 Å². The lowest BCUT2D eigenvalue weighted by Crippen LogP contribution is -2.16. The van der Waals surface area contributed by atoms with Crippen molar-refractivity contribution >= 4 is 60.3 Å². The maximum Gasteiger partial charge on any atom is 0.273 e. The van der Waals surface area contributed by atoms with Crippen molar-refractivity contribution in [2.24, 2.45) is 0 Å². The number of carbonyl (C=O) groups excluding carboxylic acids is 2. The van der Waals surface area contributed by atoms with Gasteiger partial charge in [0.25, 0.3) is 9.82 Å². The van der Waals surface area contributed by atoms with E-state index in [0.717, 1.165) is 0 Å². The Hall–Kier alpha value is -2.90. The number of rotatable bonds is 6. The van der Waals surface area contributed by atoms with Gasteiger partial charge in [-0.25, -0.2) is 4.98 Å². The number of nitriles is 1. The van der Waals surface area contributed by atoms with Gasteiger partial charge in [0, 0.05) is 11.8 Å². The van der Waals surface area contributed by atoms with Gasteiger partial charge < -0.3 is 15.4 Å². The highest BCUT2D eigenvalue weighted by Gasteiger charge is 2.15. The first kappa shape index (κ1) is 22.4. The summed E-state index contributed by atoms with van der Waals surface area (Å²) in [5, 5.41) is 14.6. The summed E-state index contributed by atoms with van der Waals surface area (Å²) < 4.78 is 10.5. The summed E-state index contributed by atoms with van der Waals surface area (Å²) in [5.41, 5.74) is 1.02. The molecular weight excluding hydrogens is 507 g/mol. The molecule has 1 aromatic carbocycles. The summed E-state index contributed by atoms with van der Waals surface area (Å²) in [4.78, 5) is 29.3. The van der Waals surface area contributed by atoms with E-state index >= 15 is 0 Å². The van der Waals surface area contributed by atoms with E-state index < -0.39 is 24.8 Å². The summed E-state index contributed by atoms with van der Waals surface area (Å²) in [5.74, 6) is 0.305. The zero-order valence-electron chi connectivity index (χ0n) is 15.7. The van der Waals surface area contributed by atoms with Crippen molar-refractivity contribution in [1.29, 1.82) is 5.26 Å². The molecule has 9 heteroatoms. The van der Waals surface area contributed by atoms with Crippen molar-refractivity contribution in [2.45, 2.75) is 6.92 Å². The van der Waals surface area contributed by atoms with Gasteiger partial charge >= 0.3 is 0 Å². The molecule has 0 radical (unpaired) electrons. The normalized spacial score (nSPS) is 12.0. The molecule has 0 aliphatic carbocycles. The van der Waals surface area contributed by atoms with Crippen LogP contribution in [0.1, 0.15) is 17.3 Å². The monoisotopic (exact) mass is 524 g/mol. The zero-order valence-corrected chi connectivity index (χ0v) is 18.6. The third-order valence-electron chi connectivity index (χ3n) is 3.54. The number of nitrogens with one attached hydrogen (secondary N) is 2. The maximum absolute atomic E-state index is 12.7. The molecule has 1 heterocycles. The van der Waals surface area contributed by atoms with Gasteiger partial charge in [-0.3, -0.25) is 9.59 Å². The average molecular weight is 525 g/mol. The summed E-state index contributed by atoms with van der Waals surface area (Å²) in [7, 11) is 1.48. The van der Waals surface area contributed by atoms with Crippen molar-refractivity contribution in [3.8, 4) is 11.8 Å². The molecule has 2 amide bonds. The molecular formula is C20H18ClIN4O3. The third kappa shape index (κ3) is 6.58. The van der Waals surface area contributed by atoms with Crippen LogP contribution in [-0.4, -0.2) is 30.4 Å². The Balaban J connectivity index is 2.29. The quantitative estimate of drug-likeness (QED) is 0.246. The van der Waals surface area contributed by atoms with Crippen molar-refractivity contribution < 1.29 is 14.3 Å². The SMILES string of the molecule is C=I(=C\C=C(/C)C#N)/C(=O)Nc1ccc(OC)cc1C(=O)Nc1ccc(Cl)cn1. The molecule has 0 unspecified atom stereocenters. The lowest BCUT2D eigenvalue weighted by Gasteiger charge is -2.12. The number of anilines is 2. The topological polar surface area (TPSA) is 104 Å². The molecule has 0 saturated carbocycles. The van der Waals surface area contributed by atoms with E-state index in [1.807, 2.05) is 6.07 Å². The second-order valence-electron chi connectivity index (χ2n) is 5.61. The van der Waals surface area contributed by atoms with Gasteiger partial charge in [0.15, 0.2) is 0 Å². The molecule has 1 aromatic heterocycles. The van der Waals surface area contributed by atoms with Gasteiger partial charge in [-0.1, -0.05) is 35.0 Å². The molecule has 0 aliphatic rings. The Kier molecular flexibility index (Phi) is 8.18. The average Bonchev–Trinajstić information content (AvgIpc) is 2.73. The highest BCUT2D eigenvalue weighted by Crippen LogP contribution is 2.25. The van der Waals surface area contributed by atoms with Gasteiger partial charge in [-0.2, -0.15) is 5.26 Å². The number of methoxy groups -OCH3 is 1. The summed E-state index contributed by atoms with van der Waals surface area (Å²) in [6.07, 6.45) is 3.00. The van der Waals surface area contributed by atoms with Gasteiger partial charge in [-0.15, -0.1) is 0 Å². The van der Waals surface area contributed by atoms with Crippen LogP contribution in [0.25, 0.3) is 0 Å². The van der Waals surface area contributed by atoms with Crippen LogP contribution in [0, 0.1) is 11.3 Å². The second-order valence-corrected chi connectivity index (χ2v) is 10.0. The molecule has 2 N–H and O–H groups in total. The zero-order chi connectivity index (χ0) is 21.4. The van der Waals surface area contributed by atoms with Crippen molar-refractivity contribution in [2.75, 3.05) is 17.7 Å². The van der Waals surface area contributed by atoms with Crippen LogP contribution in [0.3, 0.4) is 0 Å². The smallest absolute Gasteiger partial charge is 0.273 e. The van der Waals surface area contributed by atoms with Gasteiger partial charge in [0.1, 0.15) is 11.6 Å². The number of amides is 2. The number of hydrogen-bond acceptors (Lipinski definition) is 5. The minimum Gasteiger partial charge on any atom is -0.497 e. The van der Waals surface area contributed by atoms with Gasteiger partial charge in [0.05, 0.1) is 29.5 Å². The van der Waals surface area contributed by atoms with Crippen LogP contribution < -0.4 is 15.4 Å². The molecule has 150 valence electrons. The summed E-state index contributed by atoms with van der Waals surface area (Å²) in [6.45, 7) is 1.65. The number of hydrogen-bond donors (Lipinski definition) is 2. The fourth-order valence-corrected chi connectivity index (χ4v) is 4.06. The van der Waals surface area contributed by atoms with Crippen LogP contribution in [0.15, 0.2) is 48.2 Å². The van der Waals surface area contributed by atoms with Crippen LogP contribution in [0.4, 0.5) is 16.3 Å². The number of carbonyl (C=O) groups is 2. The highest BCUT2D eigenvalue weighted by atomic mass is 127. The van der Waals surface area contributed by atoms with E-state index in [0.29, 0.717) is 27.9 Å². The Morgan fingerprint density at radius 2 is 2.07 bits per heavy atom. The van der Waals surface area contributed by atoms with Crippen molar-refractivity contribution in [3.63, 3.8) is 0 Å². The molecule has 0 bridgehead atoms. The molecule has 29 heavy (non-hydrogen) atoms. The standard InChI is InChI=1S/C20H18ClIN4O3/c1-13(11-23)8-9-22(2)20(28)25-17-6-5-15(29-3)10-16(17)19(27)26-18-7-4-14(21)12-24-18/h4-10,12H,2H2,1,3H3,(H,25,28)(H,24,26,27)/b13-8+. The second kappa shape index (κ2) is 10.6. The summed E-state index contributed by atoms with van der Waals surface area (Å²) in [6, 6.07) is 9.90. The fourth-order valence-electron chi connectivity index (χ4n) is 2.01. The number of ether oxygens (including phenoxy) is 1. The molecule has 0 aliphatic heterocycles. The number of aromatic nitrogens is 1. The van der Waals surface area contributed by atoms with Crippen LogP contribution in [0.5, 0.6) is 5.75 Å². The predicted molar refractivity (Wildman–Crippen MR) is 126 cm³/mol. The number of halogens is 2. The molecule has 2 aromatic rings. The number of nitrogens with zero attached hydrogens (tertiary/aromatic N) is 2. The Morgan fingerprint density at radius 1 is 1.31 bits per heavy atom. The lowest BCUT2D eigenvalue weighted by molar-refractivity contribution is 0.102. The minimum atomic E-state index is -2.41. The van der Waals surface area contributed by atoms with E-state index in [-0.39, 0.29) is 9.48 Å². The molecule has 7 nitrogen and oxygen atoms in total. The highest BCUT2D eigenvalue weighted by molar-refractivity contribution is 14.2. The Labute approximate surface area is 179 Å². The third-order valence-corrected chi connectivity index (χ3v) is 6.51. The largest absolute Gasteiger partial charge is 0.497 e.